The van der Waals surface area contributed by atoms with E-state index in [2.05, 4.69) is 9.80 Å². The van der Waals surface area contributed by atoms with E-state index in [1.807, 2.05) is 0 Å². The highest BCUT2D eigenvalue weighted by atomic mass is 15.3. The topological polar surface area (TPSA) is 32.5 Å². The van der Waals surface area contributed by atoms with Gasteiger partial charge in [-0.25, -0.2) is 0 Å². The minimum absolute atomic E-state index is 0.487. The molecule has 104 valence electrons. The summed E-state index contributed by atoms with van der Waals surface area (Å²) in [6.45, 7) is 5.23. The van der Waals surface area contributed by atoms with Crippen molar-refractivity contribution in [3.63, 3.8) is 0 Å². The number of hydrogen-bond donors (Lipinski definition) is 1. The minimum atomic E-state index is 0.487. The molecule has 1 heterocycles. The van der Waals surface area contributed by atoms with Gasteiger partial charge in [-0.05, 0) is 38.5 Å². The molecule has 3 fully saturated rings. The molecule has 0 aromatic heterocycles. The molecule has 3 aliphatic rings. The van der Waals surface area contributed by atoms with Gasteiger partial charge < -0.3 is 5.73 Å². The van der Waals surface area contributed by atoms with Gasteiger partial charge in [0.1, 0.15) is 0 Å². The summed E-state index contributed by atoms with van der Waals surface area (Å²) < 4.78 is 0. The van der Waals surface area contributed by atoms with E-state index in [1.54, 1.807) is 0 Å². The Hall–Kier alpha value is -0.120. The van der Waals surface area contributed by atoms with Crippen LogP contribution >= 0.6 is 0 Å². The predicted molar refractivity (Wildman–Crippen MR) is 75.6 cm³/mol. The first-order valence-electron chi connectivity index (χ1n) is 8.06. The van der Waals surface area contributed by atoms with Crippen LogP contribution in [0.5, 0.6) is 0 Å². The van der Waals surface area contributed by atoms with Crippen LogP contribution in [0.3, 0.4) is 0 Å². The maximum Gasteiger partial charge on any atom is 0.0113 e. The molecule has 1 saturated heterocycles. The summed E-state index contributed by atoms with van der Waals surface area (Å²) in [5.41, 5.74) is 6.00. The Morgan fingerprint density at radius 1 is 0.611 bits per heavy atom. The summed E-state index contributed by atoms with van der Waals surface area (Å²) in [7, 11) is 0. The van der Waals surface area contributed by atoms with E-state index in [1.165, 1.54) is 77.5 Å². The van der Waals surface area contributed by atoms with Crippen molar-refractivity contribution in [2.45, 2.75) is 69.5 Å². The molecule has 3 rings (SSSR count). The van der Waals surface area contributed by atoms with Crippen molar-refractivity contribution in [2.75, 3.05) is 26.2 Å². The highest BCUT2D eigenvalue weighted by molar-refractivity contribution is 4.87. The van der Waals surface area contributed by atoms with Crippen molar-refractivity contribution in [1.82, 2.24) is 9.80 Å². The molecule has 0 atom stereocenters. The molecule has 2 N–H and O–H groups in total. The van der Waals surface area contributed by atoms with Crippen LogP contribution in [0, 0.1) is 0 Å². The number of hydrogen-bond acceptors (Lipinski definition) is 3. The summed E-state index contributed by atoms with van der Waals surface area (Å²) >= 11 is 0. The van der Waals surface area contributed by atoms with Crippen molar-refractivity contribution in [1.29, 1.82) is 0 Å². The fourth-order valence-corrected chi connectivity index (χ4v) is 4.20. The van der Waals surface area contributed by atoms with Crippen LogP contribution in [0.1, 0.15) is 51.4 Å². The van der Waals surface area contributed by atoms with Crippen LogP contribution in [-0.4, -0.2) is 54.1 Å². The number of nitrogens with two attached hydrogens (primary N) is 1. The third-order valence-electron chi connectivity index (χ3n) is 5.45. The van der Waals surface area contributed by atoms with Gasteiger partial charge in [0.15, 0.2) is 0 Å². The molecule has 0 unspecified atom stereocenters. The molecule has 3 nitrogen and oxygen atoms in total. The van der Waals surface area contributed by atoms with Gasteiger partial charge >= 0.3 is 0 Å². The fraction of sp³-hybridized carbons (Fsp3) is 1.00. The van der Waals surface area contributed by atoms with Crippen LogP contribution in [0.15, 0.2) is 0 Å². The van der Waals surface area contributed by atoms with Gasteiger partial charge in [-0.15, -0.1) is 0 Å². The van der Waals surface area contributed by atoms with E-state index in [-0.39, 0.29) is 0 Å². The monoisotopic (exact) mass is 251 g/mol. The van der Waals surface area contributed by atoms with Crippen molar-refractivity contribution < 1.29 is 0 Å². The summed E-state index contributed by atoms with van der Waals surface area (Å²) in [5, 5.41) is 0. The molecular weight excluding hydrogens is 222 g/mol. The molecule has 0 spiro atoms. The Balaban J connectivity index is 1.44. The maximum absolute atomic E-state index is 6.00. The standard InChI is InChI=1S/C15H29N3/c16-13-5-7-15(8-6-13)18-11-9-17(10-12-18)14-3-1-2-4-14/h13-15H,1-12,16H2/t13-,15-. The number of piperazine rings is 1. The molecule has 0 amide bonds. The van der Waals surface area contributed by atoms with E-state index >= 15 is 0 Å². The van der Waals surface area contributed by atoms with Crippen molar-refractivity contribution in [2.24, 2.45) is 5.73 Å². The first kappa shape index (κ1) is 12.9. The Kier molecular flexibility index (Phi) is 4.22. The van der Waals surface area contributed by atoms with Crippen LogP contribution in [0.2, 0.25) is 0 Å². The Labute approximate surface area is 112 Å². The average molecular weight is 251 g/mol. The molecule has 0 radical (unpaired) electrons. The molecule has 18 heavy (non-hydrogen) atoms. The molecule has 2 saturated carbocycles. The van der Waals surface area contributed by atoms with Gasteiger partial charge in [0, 0.05) is 44.3 Å². The van der Waals surface area contributed by atoms with Gasteiger partial charge in [-0.1, -0.05) is 12.8 Å². The molecule has 0 bridgehead atoms. The fourth-order valence-electron chi connectivity index (χ4n) is 4.20. The highest BCUT2D eigenvalue weighted by Crippen LogP contribution is 2.27. The Morgan fingerprint density at radius 3 is 1.56 bits per heavy atom. The molecule has 1 aliphatic heterocycles. The third-order valence-corrected chi connectivity index (χ3v) is 5.45. The second-order valence-corrected chi connectivity index (χ2v) is 6.58. The summed E-state index contributed by atoms with van der Waals surface area (Å²) in [4.78, 5) is 5.51. The first-order chi connectivity index (χ1) is 8.83. The van der Waals surface area contributed by atoms with Crippen molar-refractivity contribution >= 4 is 0 Å². The van der Waals surface area contributed by atoms with E-state index in [9.17, 15) is 0 Å². The quantitative estimate of drug-likeness (QED) is 0.812. The van der Waals surface area contributed by atoms with E-state index < -0.39 is 0 Å². The zero-order valence-corrected chi connectivity index (χ0v) is 11.7. The van der Waals surface area contributed by atoms with E-state index in [0.717, 1.165) is 12.1 Å². The molecular formula is C15H29N3. The molecule has 0 aromatic carbocycles. The summed E-state index contributed by atoms with van der Waals surface area (Å²) in [6, 6.07) is 2.25. The average Bonchev–Trinajstić information content (AvgIpc) is 2.94. The van der Waals surface area contributed by atoms with E-state index in [0.29, 0.717) is 6.04 Å². The van der Waals surface area contributed by atoms with Gasteiger partial charge in [0.05, 0.1) is 0 Å². The van der Waals surface area contributed by atoms with Crippen molar-refractivity contribution in [3.8, 4) is 0 Å². The van der Waals surface area contributed by atoms with Gasteiger partial charge in [0.25, 0.3) is 0 Å². The zero-order valence-electron chi connectivity index (χ0n) is 11.7. The lowest BCUT2D eigenvalue weighted by Gasteiger charge is -2.43. The lowest BCUT2D eigenvalue weighted by atomic mass is 9.90. The molecule has 2 aliphatic carbocycles. The second kappa shape index (κ2) is 5.89. The lowest BCUT2D eigenvalue weighted by Crippen LogP contribution is -2.53. The van der Waals surface area contributed by atoms with Crippen molar-refractivity contribution in [3.05, 3.63) is 0 Å². The predicted octanol–water partition coefficient (Wildman–Crippen LogP) is 1.82. The van der Waals surface area contributed by atoms with Gasteiger partial charge in [0.2, 0.25) is 0 Å². The third kappa shape index (κ3) is 2.89. The Morgan fingerprint density at radius 2 is 1.06 bits per heavy atom. The maximum atomic E-state index is 6.00. The largest absolute Gasteiger partial charge is 0.328 e. The SMILES string of the molecule is N[C@H]1CC[C@H](N2CCN(C3CCCC3)CC2)CC1. The summed E-state index contributed by atoms with van der Waals surface area (Å²) in [6.07, 6.45) is 11.0. The summed E-state index contributed by atoms with van der Waals surface area (Å²) in [5.74, 6) is 0. The second-order valence-electron chi connectivity index (χ2n) is 6.58. The zero-order chi connectivity index (χ0) is 12.4. The highest BCUT2D eigenvalue weighted by Gasteiger charge is 2.30. The number of nitrogens with zero attached hydrogens (tertiary/aromatic N) is 2. The normalized spacial score (nSPS) is 37.2. The lowest BCUT2D eigenvalue weighted by molar-refractivity contribution is 0.0560. The van der Waals surface area contributed by atoms with Crippen LogP contribution in [0.4, 0.5) is 0 Å². The van der Waals surface area contributed by atoms with Gasteiger partial charge in [-0.2, -0.15) is 0 Å². The van der Waals surface area contributed by atoms with Crippen LogP contribution < -0.4 is 5.73 Å². The number of rotatable bonds is 2. The minimum Gasteiger partial charge on any atom is -0.328 e. The first-order valence-corrected chi connectivity index (χ1v) is 8.06. The Bertz CT molecular complexity index is 246. The molecule has 0 aromatic rings. The molecule has 3 heteroatoms. The van der Waals surface area contributed by atoms with E-state index in [4.69, 9.17) is 5.73 Å². The van der Waals surface area contributed by atoms with Gasteiger partial charge in [-0.3, -0.25) is 9.80 Å². The smallest absolute Gasteiger partial charge is 0.0113 e. The van der Waals surface area contributed by atoms with Crippen LogP contribution in [-0.2, 0) is 0 Å². The van der Waals surface area contributed by atoms with Crippen LogP contribution in [0.25, 0.3) is 0 Å².